The van der Waals surface area contributed by atoms with Gasteiger partial charge < -0.3 is 14.6 Å². The highest BCUT2D eigenvalue weighted by atomic mass is 32.2. The average Bonchev–Trinajstić information content (AvgIpc) is 2.83. The first-order chi connectivity index (χ1) is 11.1. The fourth-order valence-corrected chi connectivity index (χ4v) is 4.21. The third-order valence-corrected chi connectivity index (χ3v) is 5.34. The Morgan fingerprint density at radius 2 is 1.96 bits per heavy atom. The Hall–Kier alpha value is -1.37. The monoisotopic (exact) mass is 355 g/mol. The third kappa shape index (κ3) is 5.61. The van der Waals surface area contributed by atoms with Gasteiger partial charge in [0, 0.05) is 52.2 Å². The van der Waals surface area contributed by atoms with Crippen LogP contribution in [0.25, 0.3) is 0 Å². The number of hydrogen-bond acceptors (Lipinski definition) is 4. The summed E-state index contributed by atoms with van der Waals surface area (Å²) in [6.45, 7) is 9.50. The number of nitrogens with one attached hydrogen (secondary N) is 1. The van der Waals surface area contributed by atoms with Gasteiger partial charge in [0.15, 0.2) is 0 Å². The highest BCUT2D eigenvalue weighted by Gasteiger charge is 2.28. The Morgan fingerprint density at radius 3 is 2.54 bits per heavy atom. The van der Waals surface area contributed by atoms with Crippen LogP contribution in [0.2, 0.25) is 0 Å². The largest absolute Gasteiger partial charge is 0.444 e. The minimum Gasteiger partial charge on any atom is -0.444 e. The Labute approximate surface area is 146 Å². The van der Waals surface area contributed by atoms with Gasteiger partial charge in [-0.1, -0.05) is 0 Å². The predicted molar refractivity (Wildman–Crippen MR) is 95.5 cm³/mol. The van der Waals surface area contributed by atoms with Crippen molar-refractivity contribution in [3.05, 3.63) is 18.2 Å². The molecule has 0 aromatic carbocycles. The van der Waals surface area contributed by atoms with Crippen LogP contribution in [0.4, 0.5) is 4.79 Å². The third-order valence-electron chi connectivity index (χ3n) is 3.96. The van der Waals surface area contributed by atoms with E-state index in [1.807, 2.05) is 47.1 Å². The minimum absolute atomic E-state index is 0.345. The summed E-state index contributed by atoms with van der Waals surface area (Å²) >= 11 is 0. The van der Waals surface area contributed by atoms with Gasteiger partial charge in [-0.25, -0.2) is 9.78 Å². The van der Waals surface area contributed by atoms with E-state index in [1.54, 1.807) is 0 Å². The lowest BCUT2D eigenvalue weighted by Crippen LogP contribution is -2.47. The molecule has 0 unspecified atom stereocenters. The van der Waals surface area contributed by atoms with Gasteiger partial charge in [0.05, 0.1) is 6.33 Å². The first-order valence-electron chi connectivity index (χ1n) is 8.43. The zero-order valence-electron chi connectivity index (χ0n) is 15.3. The zero-order chi connectivity index (χ0) is 18.0. The number of rotatable bonds is 4. The van der Waals surface area contributed by atoms with Gasteiger partial charge >= 0.3 is 6.09 Å². The van der Waals surface area contributed by atoms with Crippen molar-refractivity contribution in [3.63, 3.8) is 0 Å². The van der Waals surface area contributed by atoms with Crippen molar-refractivity contribution in [1.82, 2.24) is 14.9 Å². The number of carbonyl (C=O) groups is 1. The van der Waals surface area contributed by atoms with Crippen LogP contribution in [-0.2, 0) is 22.0 Å². The maximum Gasteiger partial charge on any atom is 0.408 e. The van der Waals surface area contributed by atoms with Crippen molar-refractivity contribution < 1.29 is 13.7 Å². The Balaban J connectivity index is 2.01. The van der Waals surface area contributed by atoms with E-state index < -0.39 is 28.0 Å². The lowest BCUT2D eigenvalue weighted by Gasteiger charge is -2.30. The molecule has 1 aliphatic rings. The highest BCUT2D eigenvalue weighted by Crippen LogP contribution is 2.25. The average molecular weight is 356 g/mol. The van der Waals surface area contributed by atoms with Gasteiger partial charge in [-0.05, 0) is 47.5 Å². The molecule has 7 heteroatoms. The fourth-order valence-electron chi connectivity index (χ4n) is 2.93. The molecule has 0 aliphatic carbocycles. The predicted octanol–water partition coefficient (Wildman–Crippen LogP) is 2.81. The van der Waals surface area contributed by atoms with Crippen molar-refractivity contribution in [1.29, 1.82) is 0 Å². The summed E-state index contributed by atoms with van der Waals surface area (Å²) in [7, 11) is -0.673. The maximum atomic E-state index is 12.0. The Kier molecular flexibility index (Phi) is 5.73. The first-order valence-corrected chi connectivity index (χ1v) is 9.91. The number of amides is 1. The van der Waals surface area contributed by atoms with Gasteiger partial charge in [-0.2, -0.15) is 0 Å². The normalized spacial score (nSPS) is 22.2. The van der Waals surface area contributed by atoms with Gasteiger partial charge in [0.1, 0.15) is 5.60 Å². The quantitative estimate of drug-likeness (QED) is 0.901. The molecule has 0 saturated carbocycles. The van der Waals surface area contributed by atoms with Crippen molar-refractivity contribution in [2.75, 3.05) is 11.5 Å². The van der Waals surface area contributed by atoms with E-state index in [-0.39, 0.29) is 0 Å². The van der Waals surface area contributed by atoms with Gasteiger partial charge in [-0.3, -0.25) is 4.21 Å². The highest BCUT2D eigenvalue weighted by molar-refractivity contribution is 7.85. The second-order valence-corrected chi connectivity index (χ2v) is 9.76. The summed E-state index contributed by atoms with van der Waals surface area (Å²) in [5, 5.41) is 2.94. The molecule has 6 nitrogen and oxygen atoms in total. The van der Waals surface area contributed by atoms with Crippen LogP contribution in [-0.4, -0.2) is 42.5 Å². The van der Waals surface area contributed by atoms with E-state index in [9.17, 15) is 9.00 Å². The first kappa shape index (κ1) is 19.0. The Morgan fingerprint density at radius 1 is 1.33 bits per heavy atom. The Bertz CT molecular complexity index is 594. The summed E-state index contributed by atoms with van der Waals surface area (Å²) in [5.41, 5.74) is 0.117. The minimum atomic E-state index is -0.673. The van der Waals surface area contributed by atoms with E-state index in [2.05, 4.69) is 14.9 Å². The molecule has 0 spiro atoms. The van der Waals surface area contributed by atoms with Crippen LogP contribution in [0.3, 0.4) is 0 Å². The molecule has 0 radical (unpaired) electrons. The molecule has 0 atom stereocenters. The molecule has 0 bridgehead atoms. The molecule has 136 valence electrons. The zero-order valence-corrected chi connectivity index (χ0v) is 16.1. The number of imidazole rings is 1. The molecule has 1 aromatic heterocycles. The second kappa shape index (κ2) is 7.25. The molecule has 2 rings (SSSR count). The lowest BCUT2D eigenvalue weighted by molar-refractivity contribution is 0.0471. The van der Waals surface area contributed by atoms with E-state index in [4.69, 9.17) is 4.74 Å². The van der Waals surface area contributed by atoms with Gasteiger partial charge in [-0.15, -0.1) is 0 Å². The topological polar surface area (TPSA) is 73.2 Å². The van der Waals surface area contributed by atoms with Gasteiger partial charge in [0.25, 0.3) is 0 Å². The molecule has 1 saturated heterocycles. The van der Waals surface area contributed by atoms with Crippen molar-refractivity contribution in [2.45, 2.75) is 71.1 Å². The van der Waals surface area contributed by atoms with Crippen molar-refractivity contribution >= 4 is 16.9 Å². The smallest absolute Gasteiger partial charge is 0.408 e. The fraction of sp³-hybridized carbons (Fsp3) is 0.765. The van der Waals surface area contributed by atoms with Crippen molar-refractivity contribution in [3.8, 4) is 0 Å². The van der Waals surface area contributed by atoms with E-state index in [1.165, 1.54) is 0 Å². The number of hydrogen-bond donors (Lipinski definition) is 1. The van der Waals surface area contributed by atoms with Gasteiger partial charge in [0.2, 0.25) is 0 Å². The molecule has 24 heavy (non-hydrogen) atoms. The van der Waals surface area contributed by atoms with Crippen LogP contribution in [0.1, 0.15) is 59.2 Å². The number of alkyl carbamates (subject to hydrolysis) is 1. The SMILES string of the molecule is CC(C)(Cc1cncn1C1CCS(=O)CC1)NC(=O)OC(C)(C)C. The lowest BCUT2D eigenvalue weighted by atomic mass is 9.98. The summed E-state index contributed by atoms with van der Waals surface area (Å²) < 4.78 is 19.1. The number of carbonyl (C=O) groups excluding carboxylic acids is 1. The van der Waals surface area contributed by atoms with Crippen LogP contribution < -0.4 is 5.32 Å². The summed E-state index contributed by atoms with van der Waals surface area (Å²) in [4.78, 5) is 16.3. The molecule has 1 amide bonds. The molecule has 1 aliphatic heterocycles. The van der Waals surface area contributed by atoms with Crippen LogP contribution >= 0.6 is 0 Å². The summed E-state index contributed by atoms with van der Waals surface area (Å²) in [6, 6.07) is 0.345. The molecular weight excluding hydrogens is 326 g/mol. The second-order valence-electron chi connectivity index (χ2n) is 8.06. The standard InChI is InChI=1S/C17H29N3O3S/c1-16(2,3)23-15(21)19-17(4,5)10-14-11-18-12-20(14)13-6-8-24(22)9-7-13/h11-13H,6-10H2,1-5H3,(H,19,21). The van der Waals surface area contributed by atoms with Crippen molar-refractivity contribution in [2.24, 2.45) is 0 Å². The molecule has 2 heterocycles. The molecule has 1 aromatic rings. The number of aromatic nitrogens is 2. The van der Waals surface area contributed by atoms with E-state index in [0.717, 1.165) is 30.0 Å². The molecule has 1 N–H and O–H groups in total. The van der Waals surface area contributed by atoms with E-state index in [0.29, 0.717) is 12.5 Å². The number of ether oxygens (including phenoxy) is 1. The number of nitrogens with zero attached hydrogens (tertiary/aromatic N) is 2. The van der Waals surface area contributed by atoms with Crippen LogP contribution in [0, 0.1) is 0 Å². The van der Waals surface area contributed by atoms with E-state index >= 15 is 0 Å². The maximum absolute atomic E-state index is 12.0. The summed E-state index contributed by atoms with van der Waals surface area (Å²) in [6.07, 6.45) is 5.77. The molecule has 1 fully saturated rings. The van der Waals surface area contributed by atoms with Crippen LogP contribution in [0.15, 0.2) is 12.5 Å². The van der Waals surface area contributed by atoms with Crippen LogP contribution in [0.5, 0.6) is 0 Å². The summed E-state index contributed by atoms with van der Waals surface area (Å²) in [5.74, 6) is 1.50. The molecular formula is C17H29N3O3S.